The van der Waals surface area contributed by atoms with E-state index < -0.39 is 0 Å². The number of rotatable bonds is 8. The normalized spacial score (nSPS) is 10.7. The fourth-order valence-corrected chi connectivity index (χ4v) is 3.16. The maximum atomic E-state index is 12.4. The van der Waals surface area contributed by atoms with Gasteiger partial charge in [0.25, 0.3) is 0 Å². The first-order valence-corrected chi connectivity index (χ1v) is 9.63. The topological polar surface area (TPSA) is 49.4 Å². The maximum absolute atomic E-state index is 12.4. The van der Waals surface area contributed by atoms with Gasteiger partial charge in [-0.1, -0.05) is 55.8 Å². The fraction of sp³-hybridized carbons (Fsp3) is 0.364. The van der Waals surface area contributed by atoms with Gasteiger partial charge in [-0.15, -0.1) is 0 Å². The van der Waals surface area contributed by atoms with E-state index >= 15 is 0 Å². The lowest BCUT2D eigenvalue weighted by Gasteiger charge is -2.21. The summed E-state index contributed by atoms with van der Waals surface area (Å²) in [7, 11) is 0. The van der Waals surface area contributed by atoms with Crippen LogP contribution >= 0.6 is 11.6 Å². The largest absolute Gasteiger partial charge is 0.342 e. The van der Waals surface area contributed by atoms with E-state index in [0.717, 1.165) is 16.8 Å². The molecule has 0 aliphatic carbocycles. The molecule has 1 N–H and O–H groups in total. The van der Waals surface area contributed by atoms with E-state index in [1.54, 1.807) is 4.90 Å². The van der Waals surface area contributed by atoms with Crippen LogP contribution in [0.3, 0.4) is 0 Å². The van der Waals surface area contributed by atoms with Gasteiger partial charge in [0.05, 0.1) is 0 Å². The van der Waals surface area contributed by atoms with Gasteiger partial charge in [-0.3, -0.25) is 9.59 Å². The SMILES string of the molecule is CC(=O)N(CCC(=O)Nc1ccccc1C(C)C)CCc1cccc(Cl)c1. The minimum absolute atomic E-state index is 0.0348. The number of anilines is 1. The molecule has 2 aromatic rings. The maximum Gasteiger partial charge on any atom is 0.226 e. The van der Waals surface area contributed by atoms with Crippen LogP contribution in [0.15, 0.2) is 48.5 Å². The molecule has 4 nitrogen and oxygen atoms in total. The molecule has 2 rings (SSSR count). The fourth-order valence-electron chi connectivity index (χ4n) is 2.95. The summed E-state index contributed by atoms with van der Waals surface area (Å²) in [6, 6.07) is 15.4. The molecule has 2 aromatic carbocycles. The molecule has 0 saturated carbocycles. The van der Waals surface area contributed by atoms with Gasteiger partial charge < -0.3 is 10.2 Å². The quantitative estimate of drug-likeness (QED) is 0.702. The molecule has 144 valence electrons. The number of amides is 2. The molecule has 0 fully saturated rings. The third-order valence-electron chi connectivity index (χ3n) is 4.47. The van der Waals surface area contributed by atoms with Gasteiger partial charge in [0.1, 0.15) is 0 Å². The highest BCUT2D eigenvalue weighted by molar-refractivity contribution is 6.30. The first-order valence-electron chi connectivity index (χ1n) is 9.25. The molecule has 0 unspecified atom stereocenters. The standard InChI is InChI=1S/C22H27ClN2O2/c1-16(2)20-9-4-5-10-21(20)24-22(27)12-14-25(17(3)26)13-11-18-7-6-8-19(23)15-18/h4-10,15-16H,11-14H2,1-3H3,(H,24,27). The molecule has 0 spiro atoms. The van der Waals surface area contributed by atoms with Crippen LogP contribution in [0.25, 0.3) is 0 Å². The van der Waals surface area contributed by atoms with E-state index in [4.69, 9.17) is 11.6 Å². The summed E-state index contributed by atoms with van der Waals surface area (Å²) in [6.45, 7) is 6.68. The van der Waals surface area contributed by atoms with Crippen molar-refractivity contribution in [3.05, 3.63) is 64.7 Å². The Balaban J connectivity index is 1.90. The van der Waals surface area contributed by atoms with Crippen molar-refractivity contribution < 1.29 is 9.59 Å². The van der Waals surface area contributed by atoms with Crippen molar-refractivity contribution >= 4 is 29.1 Å². The van der Waals surface area contributed by atoms with Gasteiger partial charge in [0, 0.05) is 37.1 Å². The summed E-state index contributed by atoms with van der Waals surface area (Å²) in [4.78, 5) is 26.0. The smallest absolute Gasteiger partial charge is 0.226 e. The van der Waals surface area contributed by atoms with E-state index in [-0.39, 0.29) is 18.2 Å². The van der Waals surface area contributed by atoms with Crippen molar-refractivity contribution in [1.29, 1.82) is 0 Å². The number of hydrogen-bond donors (Lipinski definition) is 1. The van der Waals surface area contributed by atoms with Crippen molar-refractivity contribution in [3.63, 3.8) is 0 Å². The summed E-state index contributed by atoms with van der Waals surface area (Å²) in [6.07, 6.45) is 0.972. The zero-order valence-corrected chi connectivity index (χ0v) is 16.9. The number of halogens is 1. The molecule has 0 aliphatic rings. The number of nitrogens with zero attached hydrogens (tertiary/aromatic N) is 1. The Morgan fingerprint density at radius 2 is 1.81 bits per heavy atom. The van der Waals surface area contributed by atoms with Crippen LogP contribution in [0.4, 0.5) is 5.69 Å². The molecular weight excluding hydrogens is 360 g/mol. The molecule has 2 amide bonds. The average molecular weight is 387 g/mol. The third kappa shape index (κ3) is 6.72. The predicted molar refractivity (Wildman–Crippen MR) is 111 cm³/mol. The number of carbonyl (C=O) groups is 2. The lowest BCUT2D eigenvalue weighted by atomic mass is 10.0. The van der Waals surface area contributed by atoms with Crippen molar-refractivity contribution in [2.24, 2.45) is 0 Å². The van der Waals surface area contributed by atoms with Crippen LogP contribution in [-0.4, -0.2) is 29.8 Å². The lowest BCUT2D eigenvalue weighted by Crippen LogP contribution is -2.33. The highest BCUT2D eigenvalue weighted by Gasteiger charge is 2.13. The number of para-hydroxylation sites is 1. The van der Waals surface area contributed by atoms with Gasteiger partial charge in [-0.2, -0.15) is 0 Å². The van der Waals surface area contributed by atoms with Crippen molar-refractivity contribution in [2.45, 2.75) is 39.5 Å². The lowest BCUT2D eigenvalue weighted by molar-refractivity contribution is -0.129. The molecule has 0 atom stereocenters. The third-order valence-corrected chi connectivity index (χ3v) is 4.71. The summed E-state index contributed by atoms with van der Waals surface area (Å²) >= 11 is 6.00. The Morgan fingerprint density at radius 3 is 2.48 bits per heavy atom. The van der Waals surface area contributed by atoms with Crippen LogP contribution in [-0.2, 0) is 16.0 Å². The molecule has 27 heavy (non-hydrogen) atoms. The predicted octanol–water partition coefficient (Wildman–Crippen LogP) is 4.88. The van der Waals surface area contributed by atoms with Crippen LogP contribution in [0.2, 0.25) is 5.02 Å². The summed E-state index contributed by atoms with van der Waals surface area (Å²) in [5, 5.41) is 3.66. The van der Waals surface area contributed by atoms with E-state index in [2.05, 4.69) is 19.2 Å². The summed E-state index contributed by atoms with van der Waals surface area (Å²) < 4.78 is 0. The molecular formula is C22H27ClN2O2. The van der Waals surface area contributed by atoms with Crippen LogP contribution < -0.4 is 5.32 Å². The highest BCUT2D eigenvalue weighted by Crippen LogP contribution is 2.23. The van der Waals surface area contributed by atoms with E-state index in [0.29, 0.717) is 30.5 Å². The monoisotopic (exact) mass is 386 g/mol. The van der Waals surface area contributed by atoms with Crippen molar-refractivity contribution in [3.8, 4) is 0 Å². The number of benzene rings is 2. The highest BCUT2D eigenvalue weighted by atomic mass is 35.5. The number of nitrogens with one attached hydrogen (secondary N) is 1. The first-order chi connectivity index (χ1) is 12.9. The van der Waals surface area contributed by atoms with Gasteiger partial charge in [-0.05, 0) is 41.7 Å². The minimum Gasteiger partial charge on any atom is -0.342 e. The van der Waals surface area contributed by atoms with E-state index in [1.165, 1.54) is 6.92 Å². The second-order valence-electron chi connectivity index (χ2n) is 6.93. The van der Waals surface area contributed by atoms with Crippen LogP contribution in [0.5, 0.6) is 0 Å². The van der Waals surface area contributed by atoms with Crippen LogP contribution in [0, 0.1) is 0 Å². The van der Waals surface area contributed by atoms with E-state index in [9.17, 15) is 9.59 Å². The molecule has 0 bridgehead atoms. The number of carbonyl (C=O) groups excluding carboxylic acids is 2. The Kier molecular flexibility index (Phi) is 7.86. The second kappa shape index (κ2) is 10.1. The molecule has 0 aromatic heterocycles. The average Bonchev–Trinajstić information content (AvgIpc) is 2.61. The molecule has 0 aliphatic heterocycles. The van der Waals surface area contributed by atoms with E-state index in [1.807, 2.05) is 48.5 Å². The summed E-state index contributed by atoms with van der Waals surface area (Å²) in [5.41, 5.74) is 3.02. The van der Waals surface area contributed by atoms with Gasteiger partial charge in [0.2, 0.25) is 11.8 Å². The van der Waals surface area contributed by atoms with Gasteiger partial charge in [-0.25, -0.2) is 0 Å². The molecule has 5 heteroatoms. The Bertz CT molecular complexity index is 789. The zero-order valence-electron chi connectivity index (χ0n) is 16.2. The Morgan fingerprint density at radius 1 is 1.07 bits per heavy atom. The first kappa shape index (κ1) is 21.0. The molecule has 0 saturated heterocycles. The Hall–Kier alpha value is -2.33. The molecule has 0 radical (unpaired) electrons. The summed E-state index contributed by atoms with van der Waals surface area (Å²) in [5.74, 6) is 0.206. The molecule has 0 heterocycles. The van der Waals surface area contributed by atoms with Crippen LogP contribution in [0.1, 0.15) is 44.2 Å². The van der Waals surface area contributed by atoms with Gasteiger partial charge >= 0.3 is 0 Å². The van der Waals surface area contributed by atoms with Gasteiger partial charge in [0.15, 0.2) is 0 Å². The zero-order chi connectivity index (χ0) is 19.8. The minimum atomic E-state index is -0.0860. The second-order valence-corrected chi connectivity index (χ2v) is 7.36. The van der Waals surface area contributed by atoms with Crippen molar-refractivity contribution in [2.75, 3.05) is 18.4 Å². The Labute approximate surface area is 166 Å². The number of hydrogen-bond acceptors (Lipinski definition) is 2. The van der Waals surface area contributed by atoms with Crippen molar-refractivity contribution in [1.82, 2.24) is 4.90 Å².